The Labute approximate surface area is 184 Å². The Bertz CT molecular complexity index is 1220. The van der Waals surface area contributed by atoms with Gasteiger partial charge in [-0.05, 0) is 62.1 Å². The second-order valence-electron chi connectivity index (χ2n) is 7.48. The van der Waals surface area contributed by atoms with E-state index in [9.17, 15) is 17.6 Å². The summed E-state index contributed by atoms with van der Waals surface area (Å²) in [6.45, 7) is 4.09. The summed E-state index contributed by atoms with van der Waals surface area (Å²) in [4.78, 5) is 12.7. The summed E-state index contributed by atoms with van der Waals surface area (Å²) >= 11 is 1.02. The first-order chi connectivity index (χ1) is 14.8. The van der Waals surface area contributed by atoms with Crippen molar-refractivity contribution in [2.45, 2.75) is 37.6 Å². The number of carbonyl (C=O) groups is 1. The average Bonchev–Trinajstić information content (AvgIpc) is 3.38. The molecule has 3 aromatic rings. The largest absolute Gasteiger partial charge is 0.317 e. The van der Waals surface area contributed by atoms with E-state index in [0.29, 0.717) is 24.4 Å². The molecule has 1 fully saturated rings. The Morgan fingerprint density at radius 1 is 1.16 bits per heavy atom. The van der Waals surface area contributed by atoms with Gasteiger partial charge in [-0.3, -0.25) is 4.79 Å². The standard InChI is InChI=1S/C21H21FN4O3S2/c1-13-10-14(2)12-15(11-13)31(28,29)26-9-5-8-18(26)20-24-25-21(30-20)19(27)23-17-7-4-3-6-16(17)22/h3-4,6-7,10-12,18H,5,8-9H2,1-2H3,(H,23,27). The van der Waals surface area contributed by atoms with Crippen LogP contribution in [0.2, 0.25) is 0 Å². The van der Waals surface area contributed by atoms with Crippen LogP contribution >= 0.6 is 11.3 Å². The van der Waals surface area contributed by atoms with Crippen LogP contribution in [-0.4, -0.2) is 35.4 Å². The molecule has 1 saturated heterocycles. The van der Waals surface area contributed by atoms with Gasteiger partial charge in [-0.2, -0.15) is 4.31 Å². The van der Waals surface area contributed by atoms with E-state index >= 15 is 0 Å². The first kappa shape index (κ1) is 21.5. The smallest absolute Gasteiger partial charge is 0.286 e. The lowest BCUT2D eigenvalue weighted by atomic mass is 10.2. The number of nitrogens with zero attached hydrogens (tertiary/aromatic N) is 3. The zero-order valence-electron chi connectivity index (χ0n) is 17.0. The molecule has 7 nitrogen and oxygen atoms in total. The molecule has 1 aromatic heterocycles. The highest BCUT2D eigenvalue weighted by atomic mass is 32.2. The van der Waals surface area contributed by atoms with Gasteiger partial charge in [0.15, 0.2) is 0 Å². The second kappa shape index (κ2) is 8.45. The Morgan fingerprint density at radius 3 is 2.58 bits per heavy atom. The van der Waals surface area contributed by atoms with E-state index in [1.807, 2.05) is 19.9 Å². The summed E-state index contributed by atoms with van der Waals surface area (Å²) in [5, 5.41) is 11.0. The van der Waals surface area contributed by atoms with Gasteiger partial charge in [0, 0.05) is 6.54 Å². The van der Waals surface area contributed by atoms with Crippen molar-refractivity contribution in [1.29, 1.82) is 0 Å². The molecule has 0 bridgehead atoms. The number of nitrogens with one attached hydrogen (secondary N) is 1. The predicted molar refractivity (Wildman–Crippen MR) is 116 cm³/mol. The third kappa shape index (κ3) is 4.36. The molecule has 1 aliphatic rings. The zero-order valence-corrected chi connectivity index (χ0v) is 18.6. The predicted octanol–water partition coefficient (Wildman–Crippen LogP) is 4.07. The van der Waals surface area contributed by atoms with Crippen molar-refractivity contribution < 1.29 is 17.6 Å². The fourth-order valence-electron chi connectivity index (χ4n) is 3.69. The SMILES string of the molecule is Cc1cc(C)cc(S(=O)(=O)N2CCCC2c2nnc(C(=O)Nc3ccccc3F)s2)c1. The van der Waals surface area contributed by atoms with Crippen molar-refractivity contribution in [3.05, 3.63) is 69.4 Å². The highest BCUT2D eigenvalue weighted by Gasteiger charge is 2.38. The summed E-state index contributed by atoms with van der Waals surface area (Å²) < 4.78 is 41.8. The molecule has 0 radical (unpaired) electrons. The lowest BCUT2D eigenvalue weighted by Gasteiger charge is -2.22. The minimum absolute atomic E-state index is 0.0455. The van der Waals surface area contributed by atoms with Gasteiger partial charge in [0.05, 0.1) is 16.6 Å². The Kier molecular flexibility index (Phi) is 5.87. The average molecular weight is 461 g/mol. The molecule has 1 unspecified atom stereocenters. The van der Waals surface area contributed by atoms with Crippen LogP contribution in [0.25, 0.3) is 0 Å². The number of aromatic nitrogens is 2. The number of anilines is 1. The molecule has 10 heteroatoms. The van der Waals surface area contributed by atoms with Gasteiger partial charge in [0.25, 0.3) is 5.91 Å². The van der Waals surface area contributed by atoms with Crippen molar-refractivity contribution >= 4 is 33.0 Å². The number of benzene rings is 2. The molecular weight excluding hydrogens is 439 g/mol. The molecule has 162 valence electrons. The minimum atomic E-state index is -3.72. The summed E-state index contributed by atoms with van der Waals surface area (Å²) in [6, 6.07) is 10.6. The number of amides is 1. The molecule has 2 heterocycles. The number of sulfonamides is 1. The number of hydrogen-bond acceptors (Lipinski definition) is 6. The molecular formula is C21H21FN4O3S2. The van der Waals surface area contributed by atoms with Crippen LogP contribution in [0.15, 0.2) is 47.4 Å². The highest BCUT2D eigenvalue weighted by Crippen LogP contribution is 2.38. The van der Waals surface area contributed by atoms with E-state index in [0.717, 1.165) is 22.5 Å². The van der Waals surface area contributed by atoms with Gasteiger partial charge >= 0.3 is 0 Å². The van der Waals surface area contributed by atoms with Crippen LogP contribution in [0.5, 0.6) is 0 Å². The fourth-order valence-corrected chi connectivity index (χ4v) is 6.49. The molecule has 0 spiro atoms. The van der Waals surface area contributed by atoms with Crippen LogP contribution < -0.4 is 5.32 Å². The van der Waals surface area contributed by atoms with Gasteiger partial charge in [0.1, 0.15) is 10.8 Å². The maximum atomic E-state index is 13.8. The topological polar surface area (TPSA) is 92.3 Å². The third-order valence-electron chi connectivity index (χ3n) is 5.05. The molecule has 2 aromatic carbocycles. The van der Waals surface area contributed by atoms with Crippen LogP contribution in [-0.2, 0) is 10.0 Å². The molecule has 1 amide bonds. The third-order valence-corrected chi connectivity index (χ3v) is 7.96. The summed E-state index contributed by atoms with van der Waals surface area (Å²) in [6.07, 6.45) is 1.28. The molecule has 0 aliphatic carbocycles. The number of carbonyl (C=O) groups excluding carboxylic acids is 1. The second-order valence-corrected chi connectivity index (χ2v) is 10.4. The van der Waals surface area contributed by atoms with Crippen molar-refractivity contribution in [3.8, 4) is 0 Å². The number of hydrogen-bond donors (Lipinski definition) is 1. The lowest BCUT2D eigenvalue weighted by molar-refractivity contribution is 0.102. The van der Waals surface area contributed by atoms with Crippen molar-refractivity contribution in [3.63, 3.8) is 0 Å². The van der Waals surface area contributed by atoms with Gasteiger partial charge in [-0.25, -0.2) is 12.8 Å². The summed E-state index contributed by atoms with van der Waals surface area (Å²) in [7, 11) is -3.72. The molecule has 1 N–H and O–H groups in total. The monoisotopic (exact) mass is 460 g/mol. The molecule has 31 heavy (non-hydrogen) atoms. The Hall–Kier alpha value is -2.69. The van der Waals surface area contributed by atoms with Gasteiger partial charge in [0.2, 0.25) is 15.0 Å². The number of rotatable bonds is 5. The van der Waals surface area contributed by atoms with Gasteiger partial charge in [-0.15, -0.1) is 10.2 Å². The maximum Gasteiger partial charge on any atom is 0.286 e. The van der Waals surface area contributed by atoms with E-state index in [2.05, 4.69) is 15.5 Å². The molecule has 4 rings (SSSR count). The van der Waals surface area contributed by atoms with Crippen molar-refractivity contribution in [2.75, 3.05) is 11.9 Å². The highest BCUT2D eigenvalue weighted by molar-refractivity contribution is 7.89. The molecule has 1 aliphatic heterocycles. The quantitative estimate of drug-likeness (QED) is 0.620. The number of halogens is 1. The van der Waals surface area contributed by atoms with E-state index in [1.54, 1.807) is 18.2 Å². The fraction of sp³-hybridized carbons (Fsp3) is 0.286. The Balaban J connectivity index is 1.58. The van der Waals surface area contributed by atoms with Crippen LogP contribution in [0, 0.1) is 19.7 Å². The van der Waals surface area contributed by atoms with Crippen LogP contribution in [0.3, 0.4) is 0 Å². The lowest BCUT2D eigenvalue weighted by Crippen LogP contribution is -2.30. The van der Waals surface area contributed by atoms with Crippen LogP contribution in [0.1, 0.15) is 44.8 Å². The molecule has 0 saturated carbocycles. The van der Waals surface area contributed by atoms with Crippen molar-refractivity contribution in [2.24, 2.45) is 0 Å². The summed E-state index contributed by atoms with van der Waals surface area (Å²) in [5.74, 6) is -1.14. The van der Waals surface area contributed by atoms with Crippen LogP contribution in [0.4, 0.5) is 10.1 Å². The first-order valence-corrected chi connectivity index (χ1v) is 12.0. The maximum absolute atomic E-state index is 13.8. The van der Waals surface area contributed by atoms with Gasteiger partial charge in [-0.1, -0.05) is 29.5 Å². The Morgan fingerprint density at radius 2 is 1.87 bits per heavy atom. The normalized spacial score (nSPS) is 17.1. The van der Waals surface area contributed by atoms with E-state index in [1.165, 1.54) is 22.5 Å². The van der Waals surface area contributed by atoms with Crippen molar-refractivity contribution in [1.82, 2.24) is 14.5 Å². The van der Waals surface area contributed by atoms with Gasteiger partial charge < -0.3 is 5.32 Å². The van der Waals surface area contributed by atoms with E-state index in [-0.39, 0.29) is 15.6 Å². The summed E-state index contributed by atoms with van der Waals surface area (Å²) in [5.41, 5.74) is 1.79. The molecule has 1 atom stereocenters. The number of aryl methyl sites for hydroxylation is 2. The van der Waals surface area contributed by atoms with E-state index < -0.39 is 27.8 Å². The zero-order chi connectivity index (χ0) is 22.2. The van der Waals surface area contributed by atoms with E-state index in [4.69, 9.17) is 0 Å². The first-order valence-electron chi connectivity index (χ1n) is 9.75. The number of para-hydroxylation sites is 1. The minimum Gasteiger partial charge on any atom is -0.317 e.